The molecule has 3 aromatic heterocycles. The Hall–Kier alpha value is -6.59. The van der Waals surface area contributed by atoms with E-state index in [0.717, 1.165) is 44.0 Å². The molecule has 0 spiro atoms. The third-order valence-corrected chi connectivity index (χ3v) is 9.34. The van der Waals surface area contributed by atoms with Crippen molar-refractivity contribution in [2.75, 3.05) is 0 Å². The lowest BCUT2D eigenvalue weighted by molar-refractivity contribution is 0.954. The van der Waals surface area contributed by atoms with E-state index in [1.807, 2.05) is 60.7 Å². The molecule has 224 valence electrons. The molecule has 0 saturated heterocycles. The fraction of sp³-hybridized carbons (Fsp3) is 0. The van der Waals surface area contributed by atoms with Crippen LogP contribution in [0.2, 0.25) is 0 Å². The molecule has 3 heterocycles. The minimum absolute atomic E-state index is 0.590. The lowest BCUT2D eigenvalue weighted by Crippen LogP contribution is -2.06. The van der Waals surface area contributed by atoms with Gasteiger partial charge in [-0.05, 0) is 41.8 Å². The van der Waals surface area contributed by atoms with Crippen molar-refractivity contribution < 1.29 is 0 Å². The monoisotopic (exact) mass is 613 g/mol. The molecule has 7 aromatic carbocycles. The molecule has 10 aromatic rings. The number of aromatic nitrogens is 5. The van der Waals surface area contributed by atoms with Crippen molar-refractivity contribution in [3.63, 3.8) is 0 Å². The minimum Gasteiger partial charge on any atom is -0.309 e. The maximum absolute atomic E-state index is 5.12. The van der Waals surface area contributed by atoms with Crippen molar-refractivity contribution in [2.45, 2.75) is 0 Å². The Kier molecular flexibility index (Phi) is 5.81. The summed E-state index contributed by atoms with van der Waals surface area (Å²) in [5, 5.41) is 7.14. The van der Waals surface area contributed by atoms with Gasteiger partial charge in [0.15, 0.2) is 11.6 Å². The van der Waals surface area contributed by atoms with Gasteiger partial charge >= 0.3 is 0 Å². The van der Waals surface area contributed by atoms with E-state index >= 15 is 0 Å². The molecule has 0 amide bonds. The van der Waals surface area contributed by atoms with Crippen molar-refractivity contribution >= 4 is 54.4 Å². The Morgan fingerprint density at radius 2 is 0.896 bits per heavy atom. The number of para-hydroxylation sites is 3. The van der Waals surface area contributed by atoms with Crippen LogP contribution in [0, 0.1) is 0 Å². The van der Waals surface area contributed by atoms with Gasteiger partial charge in [-0.2, -0.15) is 9.97 Å². The second kappa shape index (κ2) is 10.5. The molecule has 10 rings (SSSR count). The first kappa shape index (κ1) is 26.6. The summed E-state index contributed by atoms with van der Waals surface area (Å²) in [5.74, 6) is 1.87. The molecule has 5 heteroatoms. The third-order valence-electron chi connectivity index (χ3n) is 9.34. The summed E-state index contributed by atoms with van der Waals surface area (Å²) in [5.41, 5.74) is 7.53. The zero-order chi connectivity index (χ0) is 31.6. The highest BCUT2D eigenvalue weighted by molar-refractivity contribution is 6.22. The van der Waals surface area contributed by atoms with Gasteiger partial charge in [0.2, 0.25) is 5.95 Å². The molecule has 0 bridgehead atoms. The Bertz CT molecular complexity index is 2760. The molecule has 0 radical (unpaired) electrons. The van der Waals surface area contributed by atoms with Crippen molar-refractivity contribution in [2.24, 2.45) is 0 Å². The molecule has 0 aliphatic rings. The molecule has 0 N–H and O–H groups in total. The van der Waals surface area contributed by atoms with Crippen molar-refractivity contribution in [3.8, 4) is 34.4 Å². The molecule has 0 aliphatic heterocycles. The molecular formula is C43H27N5. The van der Waals surface area contributed by atoms with E-state index in [1.165, 1.54) is 27.2 Å². The lowest BCUT2D eigenvalue weighted by Gasteiger charge is -2.12. The fourth-order valence-electron chi connectivity index (χ4n) is 7.20. The second-order valence-corrected chi connectivity index (χ2v) is 12.1. The van der Waals surface area contributed by atoms with Crippen LogP contribution in [0.1, 0.15) is 0 Å². The van der Waals surface area contributed by atoms with E-state index in [-0.39, 0.29) is 0 Å². The average molecular weight is 614 g/mol. The van der Waals surface area contributed by atoms with Gasteiger partial charge in [-0.3, -0.25) is 4.57 Å². The van der Waals surface area contributed by atoms with E-state index < -0.39 is 0 Å². The molecule has 0 atom stereocenters. The SMILES string of the molecule is c1ccc(-c2nc(-c3ccccc3)nc(-n3c4ccccc4c4cc5c(ccc6c7ccccc7n(-c7ccccc7)c56)cc43)n2)cc1. The molecule has 0 saturated carbocycles. The van der Waals surface area contributed by atoms with E-state index in [4.69, 9.17) is 15.0 Å². The summed E-state index contributed by atoms with van der Waals surface area (Å²) < 4.78 is 4.60. The van der Waals surface area contributed by atoms with Crippen LogP contribution in [-0.2, 0) is 0 Å². The van der Waals surface area contributed by atoms with E-state index in [2.05, 4.69) is 112 Å². The Morgan fingerprint density at radius 1 is 0.354 bits per heavy atom. The number of rotatable bonds is 4. The lowest BCUT2D eigenvalue weighted by atomic mass is 10.0. The topological polar surface area (TPSA) is 48.5 Å². The van der Waals surface area contributed by atoms with Crippen molar-refractivity contribution in [1.29, 1.82) is 0 Å². The van der Waals surface area contributed by atoms with Gasteiger partial charge in [-0.1, -0.05) is 127 Å². The molecule has 0 unspecified atom stereocenters. The number of fused-ring (bicyclic) bond motifs is 8. The van der Waals surface area contributed by atoms with Gasteiger partial charge < -0.3 is 4.57 Å². The maximum Gasteiger partial charge on any atom is 0.238 e. The molecule has 48 heavy (non-hydrogen) atoms. The fourth-order valence-corrected chi connectivity index (χ4v) is 7.20. The van der Waals surface area contributed by atoms with E-state index in [9.17, 15) is 0 Å². The highest BCUT2D eigenvalue weighted by Crippen LogP contribution is 2.40. The maximum atomic E-state index is 5.12. The zero-order valence-electron chi connectivity index (χ0n) is 25.8. The normalized spacial score (nSPS) is 11.8. The van der Waals surface area contributed by atoms with E-state index in [0.29, 0.717) is 17.6 Å². The first-order valence-corrected chi connectivity index (χ1v) is 16.1. The zero-order valence-corrected chi connectivity index (χ0v) is 25.8. The van der Waals surface area contributed by atoms with Crippen LogP contribution in [0.4, 0.5) is 0 Å². The van der Waals surface area contributed by atoms with Gasteiger partial charge in [0.05, 0.1) is 22.1 Å². The summed E-state index contributed by atoms with van der Waals surface area (Å²) in [6.07, 6.45) is 0. The largest absolute Gasteiger partial charge is 0.309 e. The number of nitrogens with zero attached hydrogens (tertiary/aromatic N) is 5. The van der Waals surface area contributed by atoms with Crippen LogP contribution in [0.25, 0.3) is 88.8 Å². The number of hydrogen-bond donors (Lipinski definition) is 0. The molecule has 0 aliphatic carbocycles. The van der Waals surface area contributed by atoms with Crippen LogP contribution in [0.5, 0.6) is 0 Å². The summed E-state index contributed by atoms with van der Waals surface area (Å²) in [6.45, 7) is 0. The predicted molar refractivity (Wildman–Crippen MR) is 197 cm³/mol. The average Bonchev–Trinajstić information content (AvgIpc) is 3.67. The first-order valence-electron chi connectivity index (χ1n) is 16.1. The predicted octanol–water partition coefficient (Wildman–Crippen LogP) is 10.6. The smallest absolute Gasteiger partial charge is 0.238 e. The van der Waals surface area contributed by atoms with Crippen molar-refractivity contribution in [3.05, 3.63) is 164 Å². The summed E-state index contributed by atoms with van der Waals surface area (Å²) >= 11 is 0. The highest BCUT2D eigenvalue weighted by atomic mass is 15.2. The Morgan fingerprint density at radius 3 is 1.54 bits per heavy atom. The van der Waals surface area contributed by atoms with Crippen LogP contribution < -0.4 is 0 Å². The summed E-state index contributed by atoms with van der Waals surface area (Å²) in [7, 11) is 0. The van der Waals surface area contributed by atoms with Gasteiger partial charge in [-0.15, -0.1) is 0 Å². The Balaban J connectivity index is 1.31. The quantitative estimate of drug-likeness (QED) is 0.198. The first-order chi connectivity index (χ1) is 23.8. The molecule has 0 fully saturated rings. The summed E-state index contributed by atoms with van der Waals surface area (Å²) in [4.78, 5) is 15.2. The van der Waals surface area contributed by atoms with Crippen LogP contribution in [-0.4, -0.2) is 24.1 Å². The van der Waals surface area contributed by atoms with E-state index in [1.54, 1.807) is 0 Å². The second-order valence-electron chi connectivity index (χ2n) is 12.1. The van der Waals surface area contributed by atoms with Crippen LogP contribution in [0.15, 0.2) is 164 Å². The van der Waals surface area contributed by atoms with Crippen LogP contribution >= 0.6 is 0 Å². The van der Waals surface area contributed by atoms with Gasteiger partial charge in [0, 0.05) is 43.7 Å². The summed E-state index contributed by atoms with van der Waals surface area (Å²) in [6, 6.07) is 57.3. The molecular weight excluding hydrogens is 587 g/mol. The third kappa shape index (κ3) is 4.01. The van der Waals surface area contributed by atoms with Gasteiger partial charge in [-0.25, -0.2) is 4.98 Å². The number of hydrogen-bond acceptors (Lipinski definition) is 3. The number of benzene rings is 7. The van der Waals surface area contributed by atoms with Crippen LogP contribution in [0.3, 0.4) is 0 Å². The highest BCUT2D eigenvalue weighted by Gasteiger charge is 2.20. The minimum atomic E-state index is 0.590. The van der Waals surface area contributed by atoms with Gasteiger partial charge in [0.25, 0.3) is 0 Å². The van der Waals surface area contributed by atoms with Crippen molar-refractivity contribution in [1.82, 2.24) is 24.1 Å². The molecule has 5 nitrogen and oxygen atoms in total. The Labute approximate surface area is 276 Å². The van der Waals surface area contributed by atoms with Gasteiger partial charge in [0.1, 0.15) is 0 Å². The standard InChI is InChI=1S/C43H27N5/c1-4-14-28(15-5-1)41-44-42(29-16-6-2-7-17-29)46-43(45-41)48-38-23-13-11-21-33(38)36-27-35-30(26-39(36)48)24-25-34-32-20-10-12-22-37(32)47(40(34)35)31-18-8-3-9-19-31/h1-27H.